The van der Waals surface area contributed by atoms with Gasteiger partial charge in [0.2, 0.25) is 5.91 Å². The molecule has 3 rings (SSSR count). The van der Waals surface area contributed by atoms with E-state index in [1.54, 1.807) is 6.20 Å². The standard InChI is InChI=1S/C25H30N4O/c1-18(2)17-29-20(4)24(19(3)28-29)13-14-25(30)27-23-10-7-8-21(16-23)11-12-22-9-5-6-15-26-22/h5-12,15-16,18H,13-14,17H2,1-4H3,(H,27,30)/b12-11+. The second kappa shape index (κ2) is 10.0. The first kappa shape index (κ1) is 21.5. The maximum atomic E-state index is 12.5. The number of hydrogen-bond acceptors (Lipinski definition) is 3. The van der Waals surface area contributed by atoms with E-state index < -0.39 is 0 Å². The number of rotatable bonds is 8. The molecule has 5 nitrogen and oxygen atoms in total. The number of carbonyl (C=O) groups excluding carboxylic acids is 1. The summed E-state index contributed by atoms with van der Waals surface area (Å²) in [4.78, 5) is 16.8. The van der Waals surface area contributed by atoms with Crippen LogP contribution in [0.25, 0.3) is 12.2 Å². The van der Waals surface area contributed by atoms with E-state index in [1.165, 1.54) is 5.56 Å². The van der Waals surface area contributed by atoms with E-state index in [-0.39, 0.29) is 5.91 Å². The van der Waals surface area contributed by atoms with Crippen molar-refractivity contribution in [1.82, 2.24) is 14.8 Å². The fourth-order valence-electron chi connectivity index (χ4n) is 3.46. The molecule has 2 aromatic heterocycles. The molecular formula is C25H30N4O. The van der Waals surface area contributed by atoms with Gasteiger partial charge in [0.05, 0.1) is 11.4 Å². The number of carbonyl (C=O) groups is 1. The second-order valence-electron chi connectivity index (χ2n) is 7.99. The first-order chi connectivity index (χ1) is 14.4. The number of amides is 1. The zero-order chi connectivity index (χ0) is 21.5. The van der Waals surface area contributed by atoms with Gasteiger partial charge in [-0.15, -0.1) is 0 Å². The molecule has 0 aliphatic rings. The van der Waals surface area contributed by atoms with Crippen LogP contribution in [-0.2, 0) is 17.8 Å². The third kappa shape index (κ3) is 5.89. The summed E-state index contributed by atoms with van der Waals surface area (Å²) in [6, 6.07) is 13.6. The number of hydrogen-bond donors (Lipinski definition) is 1. The van der Waals surface area contributed by atoms with Crippen LogP contribution in [0.4, 0.5) is 5.69 Å². The lowest BCUT2D eigenvalue weighted by molar-refractivity contribution is -0.116. The minimum Gasteiger partial charge on any atom is -0.326 e. The van der Waals surface area contributed by atoms with Crippen molar-refractivity contribution in [2.24, 2.45) is 5.92 Å². The van der Waals surface area contributed by atoms with Crippen LogP contribution in [0.5, 0.6) is 0 Å². The van der Waals surface area contributed by atoms with Crippen LogP contribution in [0.2, 0.25) is 0 Å². The average molecular weight is 403 g/mol. The fraction of sp³-hybridized carbons (Fsp3) is 0.320. The molecule has 0 unspecified atom stereocenters. The summed E-state index contributed by atoms with van der Waals surface area (Å²) < 4.78 is 2.06. The molecule has 5 heteroatoms. The van der Waals surface area contributed by atoms with E-state index in [2.05, 4.69) is 40.9 Å². The smallest absolute Gasteiger partial charge is 0.224 e. The summed E-state index contributed by atoms with van der Waals surface area (Å²) in [6.07, 6.45) is 6.85. The van der Waals surface area contributed by atoms with Crippen LogP contribution in [0.15, 0.2) is 48.7 Å². The zero-order valence-electron chi connectivity index (χ0n) is 18.2. The lowest BCUT2D eigenvalue weighted by Crippen LogP contribution is -2.13. The van der Waals surface area contributed by atoms with Crippen LogP contribution in [0, 0.1) is 19.8 Å². The van der Waals surface area contributed by atoms with Gasteiger partial charge < -0.3 is 5.32 Å². The highest BCUT2D eigenvalue weighted by Gasteiger charge is 2.14. The van der Waals surface area contributed by atoms with E-state index in [0.717, 1.165) is 34.9 Å². The van der Waals surface area contributed by atoms with Gasteiger partial charge in [0.1, 0.15) is 0 Å². The maximum absolute atomic E-state index is 12.5. The Kier molecular flexibility index (Phi) is 7.17. The first-order valence-corrected chi connectivity index (χ1v) is 10.4. The van der Waals surface area contributed by atoms with Crippen molar-refractivity contribution in [3.8, 4) is 0 Å². The van der Waals surface area contributed by atoms with Crippen molar-refractivity contribution in [3.63, 3.8) is 0 Å². The molecule has 30 heavy (non-hydrogen) atoms. The summed E-state index contributed by atoms with van der Waals surface area (Å²) in [5.41, 5.74) is 6.07. The van der Waals surface area contributed by atoms with Crippen molar-refractivity contribution < 1.29 is 4.79 Å². The lowest BCUT2D eigenvalue weighted by atomic mass is 10.1. The van der Waals surface area contributed by atoms with Crippen molar-refractivity contribution in [1.29, 1.82) is 0 Å². The van der Waals surface area contributed by atoms with Gasteiger partial charge in [-0.1, -0.05) is 38.1 Å². The minimum absolute atomic E-state index is 0.0104. The first-order valence-electron chi connectivity index (χ1n) is 10.4. The van der Waals surface area contributed by atoms with Gasteiger partial charge in [-0.3, -0.25) is 14.5 Å². The topological polar surface area (TPSA) is 59.8 Å². The number of anilines is 1. The minimum atomic E-state index is 0.0104. The summed E-state index contributed by atoms with van der Waals surface area (Å²) in [6.45, 7) is 9.38. The molecule has 0 spiro atoms. The van der Waals surface area contributed by atoms with Crippen molar-refractivity contribution in [2.75, 3.05) is 5.32 Å². The Morgan fingerprint density at radius 2 is 1.97 bits per heavy atom. The van der Waals surface area contributed by atoms with E-state index in [9.17, 15) is 4.79 Å². The average Bonchev–Trinajstić information content (AvgIpc) is 2.98. The highest BCUT2D eigenvalue weighted by atomic mass is 16.1. The highest BCUT2D eigenvalue weighted by molar-refractivity contribution is 5.91. The van der Waals surface area contributed by atoms with Gasteiger partial charge in [0.25, 0.3) is 0 Å². The van der Waals surface area contributed by atoms with E-state index in [4.69, 9.17) is 0 Å². The van der Waals surface area contributed by atoms with Crippen LogP contribution >= 0.6 is 0 Å². The predicted molar refractivity (Wildman–Crippen MR) is 123 cm³/mol. The van der Waals surface area contributed by atoms with Crippen molar-refractivity contribution in [3.05, 3.63) is 76.9 Å². The molecule has 0 radical (unpaired) electrons. The van der Waals surface area contributed by atoms with Gasteiger partial charge in [0, 0.05) is 30.5 Å². The van der Waals surface area contributed by atoms with Crippen molar-refractivity contribution >= 4 is 23.7 Å². The molecule has 1 amide bonds. The number of benzene rings is 1. The van der Waals surface area contributed by atoms with Gasteiger partial charge in [-0.05, 0) is 67.7 Å². The van der Waals surface area contributed by atoms with Crippen LogP contribution < -0.4 is 5.32 Å². The normalized spacial score (nSPS) is 11.4. The number of aryl methyl sites for hydroxylation is 1. The van der Waals surface area contributed by atoms with Gasteiger partial charge in [-0.25, -0.2) is 0 Å². The molecular weight excluding hydrogens is 372 g/mol. The summed E-state index contributed by atoms with van der Waals surface area (Å²) in [5.74, 6) is 0.550. The third-order valence-electron chi connectivity index (χ3n) is 4.98. The number of pyridine rings is 1. The molecule has 1 N–H and O–H groups in total. The van der Waals surface area contributed by atoms with E-state index in [1.807, 2.05) is 61.5 Å². The van der Waals surface area contributed by atoms with Crippen LogP contribution in [0.1, 0.15) is 48.5 Å². The molecule has 0 saturated carbocycles. The molecule has 0 bridgehead atoms. The number of aromatic nitrogens is 3. The molecule has 0 aliphatic carbocycles. The Hall–Kier alpha value is -3.21. The Labute approximate surface area is 178 Å². The van der Waals surface area contributed by atoms with Crippen molar-refractivity contribution in [2.45, 2.75) is 47.1 Å². The number of nitrogens with one attached hydrogen (secondary N) is 1. The van der Waals surface area contributed by atoms with E-state index in [0.29, 0.717) is 18.8 Å². The Bertz CT molecular complexity index is 1020. The Morgan fingerprint density at radius 1 is 1.13 bits per heavy atom. The predicted octanol–water partition coefficient (Wildman–Crippen LogP) is 5.29. The maximum Gasteiger partial charge on any atom is 0.224 e. The van der Waals surface area contributed by atoms with E-state index >= 15 is 0 Å². The molecule has 2 heterocycles. The lowest BCUT2D eigenvalue weighted by Gasteiger charge is -2.08. The Balaban J connectivity index is 1.59. The van der Waals surface area contributed by atoms with Gasteiger partial charge >= 0.3 is 0 Å². The molecule has 3 aromatic rings. The third-order valence-corrected chi connectivity index (χ3v) is 4.98. The monoisotopic (exact) mass is 402 g/mol. The largest absolute Gasteiger partial charge is 0.326 e. The van der Waals surface area contributed by atoms with Crippen LogP contribution in [-0.4, -0.2) is 20.7 Å². The molecule has 156 valence electrons. The molecule has 0 fully saturated rings. The molecule has 0 atom stereocenters. The highest BCUT2D eigenvalue weighted by Crippen LogP contribution is 2.18. The second-order valence-corrected chi connectivity index (χ2v) is 7.99. The SMILES string of the molecule is Cc1nn(CC(C)C)c(C)c1CCC(=O)Nc1cccc(/C=C/c2ccccn2)c1. The molecule has 1 aromatic carbocycles. The quantitative estimate of drug-likeness (QED) is 0.557. The summed E-state index contributed by atoms with van der Waals surface area (Å²) >= 11 is 0. The summed E-state index contributed by atoms with van der Waals surface area (Å²) in [7, 11) is 0. The summed E-state index contributed by atoms with van der Waals surface area (Å²) in [5, 5.41) is 7.65. The number of nitrogens with zero attached hydrogens (tertiary/aromatic N) is 3. The molecule has 0 saturated heterocycles. The van der Waals surface area contributed by atoms with Gasteiger partial charge in [-0.2, -0.15) is 5.10 Å². The Morgan fingerprint density at radius 3 is 2.70 bits per heavy atom. The zero-order valence-corrected chi connectivity index (χ0v) is 18.2. The fourth-order valence-corrected chi connectivity index (χ4v) is 3.46. The van der Waals surface area contributed by atoms with Crippen LogP contribution in [0.3, 0.4) is 0 Å². The molecule has 0 aliphatic heterocycles. The van der Waals surface area contributed by atoms with Gasteiger partial charge in [0.15, 0.2) is 0 Å².